The Hall–Kier alpha value is -1.26. The fourth-order valence-electron chi connectivity index (χ4n) is 0.935. The summed E-state index contributed by atoms with van der Waals surface area (Å²) in [6.07, 6.45) is 1.64. The van der Waals surface area contributed by atoms with Gasteiger partial charge in [-0.05, 0) is 35.3 Å². The van der Waals surface area contributed by atoms with Crippen LogP contribution >= 0.6 is 23.2 Å². The summed E-state index contributed by atoms with van der Waals surface area (Å²) < 4.78 is 0. The molecule has 2 heterocycles. The normalized spacial score (nSPS) is 10.1. The highest BCUT2D eigenvalue weighted by atomic mass is 35.5. The Morgan fingerprint density at radius 2 is 1.64 bits per heavy atom. The van der Waals surface area contributed by atoms with Gasteiger partial charge >= 0.3 is 0 Å². The minimum Gasteiger partial charge on any atom is -0.253 e. The Morgan fingerprint density at radius 3 is 2.21 bits per heavy atom. The summed E-state index contributed by atoms with van der Waals surface area (Å²) in [6.45, 7) is 0. The van der Waals surface area contributed by atoms with Crippen molar-refractivity contribution in [2.45, 2.75) is 0 Å². The molecule has 2 aromatic heterocycles. The highest BCUT2D eigenvalue weighted by Crippen LogP contribution is 2.14. The molecule has 70 valence electrons. The van der Waals surface area contributed by atoms with Gasteiger partial charge < -0.3 is 0 Å². The first-order valence-corrected chi connectivity index (χ1v) is 4.50. The van der Waals surface area contributed by atoms with Crippen molar-refractivity contribution >= 4 is 23.2 Å². The van der Waals surface area contributed by atoms with Crippen LogP contribution in [0.25, 0.3) is 11.5 Å². The van der Waals surface area contributed by atoms with Crippen molar-refractivity contribution in [1.29, 1.82) is 0 Å². The van der Waals surface area contributed by atoms with E-state index in [1.807, 2.05) is 6.07 Å². The van der Waals surface area contributed by atoms with Crippen LogP contribution in [0.4, 0.5) is 0 Å². The predicted octanol–water partition coefficient (Wildman–Crippen LogP) is 2.24. The number of halogens is 2. The van der Waals surface area contributed by atoms with Crippen LogP contribution in [-0.4, -0.2) is 19.9 Å². The van der Waals surface area contributed by atoms with Gasteiger partial charge in [-0.2, -0.15) is 15.0 Å². The van der Waals surface area contributed by atoms with Crippen LogP contribution in [0.1, 0.15) is 0 Å². The molecule has 0 N–H and O–H groups in total. The number of pyridine rings is 1. The maximum absolute atomic E-state index is 5.63. The summed E-state index contributed by atoms with van der Waals surface area (Å²) >= 11 is 11.3. The minimum atomic E-state index is 0.0608. The summed E-state index contributed by atoms with van der Waals surface area (Å²) in [5.74, 6) is 0.371. The fraction of sp³-hybridized carbons (Fsp3) is 0. The Labute approximate surface area is 90.0 Å². The summed E-state index contributed by atoms with van der Waals surface area (Å²) in [5, 5.41) is 0.122. The van der Waals surface area contributed by atoms with E-state index in [4.69, 9.17) is 23.2 Å². The lowest BCUT2D eigenvalue weighted by Crippen LogP contribution is -1.94. The van der Waals surface area contributed by atoms with E-state index in [-0.39, 0.29) is 10.6 Å². The quantitative estimate of drug-likeness (QED) is 0.749. The zero-order valence-corrected chi connectivity index (χ0v) is 8.37. The molecule has 0 bridgehead atoms. The lowest BCUT2D eigenvalue weighted by molar-refractivity contribution is 1.04. The van der Waals surface area contributed by atoms with Crippen molar-refractivity contribution in [1.82, 2.24) is 19.9 Å². The van der Waals surface area contributed by atoms with Crippen molar-refractivity contribution in [2.75, 3.05) is 0 Å². The van der Waals surface area contributed by atoms with Crippen molar-refractivity contribution in [3.8, 4) is 11.5 Å². The minimum absolute atomic E-state index is 0.0608. The molecule has 2 aromatic rings. The predicted molar refractivity (Wildman–Crippen MR) is 53.1 cm³/mol. The van der Waals surface area contributed by atoms with Gasteiger partial charge in [0.1, 0.15) is 5.69 Å². The molecule has 0 saturated carbocycles. The molecule has 0 atom stereocenters. The Balaban J connectivity index is 2.52. The second kappa shape index (κ2) is 3.86. The maximum atomic E-state index is 5.63. The lowest BCUT2D eigenvalue weighted by Gasteiger charge is -1.98. The third-order valence-corrected chi connectivity index (χ3v) is 1.81. The van der Waals surface area contributed by atoms with Gasteiger partial charge in [-0.1, -0.05) is 6.07 Å². The standard InChI is InChI=1S/C8H4Cl2N4/c9-7-12-6(13-8(10)14-7)5-3-1-2-4-11-5/h1-4H. The van der Waals surface area contributed by atoms with Crippen LogP contribution in [0.15, 0.2) is 24.4 Å². The van der Waals surface area contributed by atoms with Crippen LogP contribution in [-0.2, 0) is 0 Å². The Kier molecular flexibility index (Phi) is 2.56. The average Bonchev–Trinajstić information content (AvgIpc) is 2.18. The van der Waals surface area contributed by atoms with E-state index < -0.39 is 0 Å². The van der Waals surface area contributed by atoms with Gasteiger partial charge in [-0.3, -0.25) is 4.98 Å². The van der Waals surface area contributed by atoms with Crippen molar-refractivity contribution < 1.29 is 0 Å². The molecule has 0 unspecified atom stereocenters. The fourth-order valence-corrected chi connectivity index (χ4v) is 1.30. The van der Waals surface area contributed by atoms with Gasteiger partial charge in [0.15, 0.2) is 5.82 Å². The molecule has 4 nitrogen and oxygen atoms in total. The van der Waals surface area contributed by atoms with E-state index in [0.717, 1.165) is 0 Å². The zero-order valence-electron chi connectivity index (χ0n) is 6.85. The molecule has 0 amide bonds. The zero-order chi connectivity index (χ0) is 9.97. The van der Waals surface area contributed by atoms with Crippen LogP contribution < -0.4 is 0 Å². The van der Waals surface area contributed by atoms with Gasteiger partial charge in [0.25, 0.3) is 0 Å². The van der Waals surface area contributed by atoms with Crippen LogP contribution in [0.5, 0.6) is 0 Å². The van der Waals surface area contributed by atoms with Gasteiger partial charge in [0.2, 0.25) is 10.6 Å². The molecule has 2 rings (SSSR count). The molecule has 0 radical (unpaired) electrons. The number of hydrogen-bond acceptors (Lipinski definition) is 4. The largest absolute Gasteiger partial charge is 0.253 e. The first-order valence-electron chi connectivity index (χ1n) is 3.74. The smallest absolute Gasteiger partial charge is 0.227 e. The van der Waals surface area contributed by atoms with Crippen LogP contribution in [0.3, 0.4) is 0 Å². The second-order valence-corrected chi connectivity index (χ2v) is 3.09. The summed E-state index contributed by atoms with van der Waals surface area (Å²) in [6, 6.07) is 5.39. The highest BCUT2D eigenvalue weighted by Gasteiger charge is 2.05. The molecule has 0 spiro atoms. The van der Waals surface area contributed by atoms with Gasteiger partial charge in [0.05, 0.1) is 0 Å². The highest BCUT2D eigenvalue weighted by molar-refractivity contribution is 6.31. The van der Waals surface area contributed by atoms with E-state index in [1.54, 1.807) is 18.3 Å². The second-order valence-electron chi connectivity index (χ2n) is 2.41. The van der Waals surface area contributed by atoms with Crippen LogP contribution in [0, 0.1) is 0 Å². The van der Waals surface area contributed by atoms with E-state index in [9.17, 15) is 0 Å². The molecule has 6 heteroatoms. The summed E-state index contributed by atoms with van der Waals surface area (Å²) in [5.41, 5.74) is 0.610. The molecular weight excluding hydrogens is 223 g/mol. The summed E-state index contributed by atoms with van der Waals surface area (Å²) in [4.78, 5) is 15.5. The topological polar surface area (TPSA) is 51.6 Å². The molecule has 14 heavy (non-hydrogen) atoms. The third kappa shape index (κ3) is 1.97. The van der Waals surface area contributed by atoms with Gasteiger partial charge in [-0.15, -0.1) is 0 Å². The number of hydrogen-bond donors (Lipinski definition) is 0. The number of aromatic nitrogens is 4. The van der Waals surface area contributed by atoms with E-state index in [1.165, 1.54) is 0 Å². The SMILES string of the molecule is Clc1nc(Cl)nc(-c2ccccn2)n1. The summed E-state index contributed by atoms with van der Waals surface area (Å²) in [7, 11) is 0. The number of nitrogens with zero attached hydrogens (tertiary/aromatic N) is 4. The first kappa shape index (κ1) is 9.30. The lowest BCUT2D eigenvalue weighted by atomic mass is 10.3. The molecular formula is C8H4Cl2N4. The van der Waals surface area contributed by atoms with E-state index >= 15 is 0 Å². The Bertz CT molecular complexity index is 426. The third-order valence-electron chi connectivity index (χ3n) is 1.47. The monoisotopic (exact) mass is 226 g/mol. The molecule has 0 aliphatic heterocycles. The Morgan fingerprint density at radius 1 is 0.929 bits per heavy atom. The maximum Gasteiger partial charge on any atom is 0.227 e. The van der Waals surface area contributed by atoms with Crippen molar-refractivity contribution in [2.24, 2.45) is 0 Å². The van der Waals surface area contributed by atoms with Crippen molar-refractivity contribution in [3.63, 3.8) is 0 Å². The molecule has 0 aromatic carbocycles. The van der Waals surface area contributed by atoms with E-state index in [2.05, 4.69) is 19.9 Å². The van der Waals surface area contributed by atoms with Gasteiger partial charge in [0, 0.05) is 6.20 Å². The molecule has 0 fully saturated rings. The van der Waals surface area contributed by atoms with Gasteiger partial charge in [-0.25, -0.2) is 0 Å². The average molecular weight is 227 g/mol. The first-order chi connectivity index (χ1) is 6.75. The van der Waals surface area contributed by atoms with Crippen molar-refractivity contribution in [3.05, 3.63) is 35.0 Å². The van der Waals surface area contributed by atoms with Crippen LogP contribution in [0.2, 0.25) is 10.6 Å². The van der Waals surface area contributed by atoms with E-state index in [0.29, 0.717) is 11.5 Å². The number of rotatable bonds is 1. The molecule has 0 aliphatic carbocycles. The molecule has 0 saturated heterocycles. The molecule has 0 aliphatic rings.